The molecule has 0 amide bonds. The van der Waals surface area contributed by atoms with Crippen LogP contribution in [0, 0.1) is 0 Å². The van der Waals surface area contributed by atoms with Gasteiger partial charge in [0.15, 0.2) is 0 Å². The highest BCUT2D eigenvalue weighted by Crippen LogP contribution is 2.11. The van der Waals surface area contributed by atoms with Crippen molar-refractivity contribution in [2.24, 2.45) is 0 Å². The second kappa shape index (κ2) is 6.58. The van der Waals surface area contributed by atoms with Gasteiger partial charge in [-0.3, -0.25) is 9.69 Å². The molecule has 0 aliphatic rings. The normalized spacial score (nSPS) is 10.6. The quantitative estimate of drug-likeness (QED) is 0.697. The zero-order valence-electron chi connectivity index (χ0n) is 9.23. The summed E-state index contributed by atoms with van der Waals surface area (Å²) in [6.07, 6.45) is 0. The molecule has 15 heavy (non-hydrogen) atoms. The van der Waals surface area contributed by atoms with Gasteiger partial charge in [-0.05, 0) is 24.9 Å². The number of esters is 1. The second-order valence-corrected chi connectivity index (χ2v) is 4.22. The first kappa shape index (κ1) is 12.2. The summed E-state index contributed by atoms with van der Waals surface area (Å²) in [5.41, 5.74) is 0. The molecule has 84 valence electrons. The van der Waals surface area contributed by atoms with E-state index in [1.54, 1.807) is 11.3 Å². The molecular weight excluding hydrogens is 210 g/mol. The van der Waals surface area contributed by atoms with Crippen molar-refractivity contribution in [1.82, 2.24) is 4.90 Å². The first-order valence-electron chi connectivity index (χ1n) is 5.16. The van der Waals surface area contributed by atoms with Crippen molar-refractivity contribution in [2.75, 3.05) is 19.7 Å². The summed E-state index contributed by atoms with van der Waals surface area (Å²) >= 11 is 1.71. The number of thiophene rings is 1. The number of hydrogen-bond acceptors (Lipinski definition) is 4. The van der Waals surface area contributed by atoms with E-state index in [4.69, 9.17) is 4.74 Å². The lowest BCUT2D eigenvalue weighted by Gasteiger charge is -2.18. The number of hydrogen-bond donors (Lipinski definition) is 0. The molecule has 1 rings (SSSR count). The third-order valence-electron chi connectivity index (χ3n) is 2.06. The fraction of sp³-hybridized carbons (Fsp3) is 0.545. The largest absolute Gasteiger partial charge is 0.465 e. The van der Waals surface area contributed by atoms with E-state index in [-0.39, 0.29) is 5.97 Å². The van der Waals surface area contributed by atoms with Gasteiger partial charge in [-0.1, -0.05) is 13.0 Å². The summed E-state index contributed by atoms with van der Waals surface area (Å²) < 4.78 is 4.92. The highest BCUT2D eigenvalue weighted by Gasteiger charge is 2.10. The van der Waals surface area contributed by atoms with Crippen molar-refractivity contribution < 1.29 is 9.53 Å². The molecule has 0 spiro atoms. The molecule has 0 aromatic carbocycles. The summed E-state index contributed by atoms with van der Waals surface area (Å²) in [5.74, 6) is -0.143. The zero-order chi connectivity index (χ0) is 11.1. The Morgan fingerprint density at radius 3 is 2.87 bits per heavy atom. The molecule has 1 heterocycles. The van der Waals surface area contributed by atoms with Crippen molar-refractivity contribution in [2.45, 2.75) is 20.4 Å². The summed E-state index contributed by atoms with van der Waals surface area (Å²) in [6.45, 7) is 6.39. The van der Waals surface area contributed by atoms with Gasteiger partial charge in [-0.25, -0.2) is 0 Å². The van der Waals surface area contributed by atoms with E-state index < -0.39 is 0 Å². The SMILES string of the molecule is CCOC(=O)CN(CC)Cc1cccs1. The van der Waals surface area contributed by atoms with E-state index in [2.05, 4.69) is 11.0 Å². The van der Waals surface area contributed by atoms with Crippen LogP contribution in [0.1, 0.15) is 18.7 Å². The number of carbonyl (C=O) groups is 1. The predicted molar refractivity (Wildman–Crippen MR) is 61.9 cm³/mol. The number of likely N-dealkylation sites (N-methyl/N-ethyl adjacent to an activating group) is 1. The summed E-state index contributed by atoms with van der Waals surface area (Å²) in [5, 5.41) is 2.05. The first-order valence-corrected chi connectivity index (χ1v) is 6.04. The lowest BCUT2D eigenvalue weighted by Crippen LogP contribution is -2.30. The summed E-state index contributed by atoms with van der Waals surface area (Å²) in [4.78, 5) is 14.6. The van der Waals surface area contributed by atoms with Crippen LogP contribution in [0.4, 0.5) is 0 Å². The highest BCUT2D eigenvalue weighted by molar-refractivity contribution is 7.09. The topological polar surface area (TPSA) is 29.5 Å². The molecule has 4 heteroatoms. The van der Waals surface area contributed by atoms with Crippen LogP contribution >= 0.6 is 11.3 Å². The van der Waals surface area contributed by atoms with Crippen molar-refractivity contribution in [1.29, 1.82) is 0 Å². The Morgan fingerprint density at radius 2 is 2.33 bits per heavy atom. The van der Waals surface area contributed by atoms with Crippen LogP contribution in [0.2, 0.25) is 0 Å². The molecule has 0 bridgehead atoms. The maximum Gasteiger partial charge on any atom is 0.320 e. The smallest absolute Gasteiger partial charge is 0.320 e. The molecule has 0 radical (unpaired) electrons. The second-order valence-electron chi connectivity index (χ2n) is 3.19. The van der Waals surface area contributed by atoms with Gasteiger partial charge in [0, 0.05) is 11.4 Å². The van der Waals surface area contributed by atoms with Gasteiger partial charge in [-0.15, -0.1) is 11.3 Å². The Labute approximate surface area is 94.7 Å². The van der Waals surface area contributed by atoms with E-state index in [1.165, 1.54) is 4.88 Å². The standard InChI is InChI=1S/C11H17NO2S/c1-3-12(9-11(13)14-4-2)8-10-6-5-7-15-10/h5-7H,3-4,8-9H2,1-2H3. The monoisotopic (exact) mass is 227 g/mol. The molecule has 0 saturated carbocycles. The maximum absolute atomic E-state index is 11.3. The predicted octanol–water partition coefficient (Wildman–Crippen LogP) is 2.13. The third-order valence-corrected chi connectivity index (χ3v) is 2.93. The van der Waals surface area contributed by atoms with Gasteiger partial charge >= 0.3 is 5.97 Å². The Bertz CT molecular complexity index is 285. The first-order chi connectivity index (χ1) is 7.26. The molecule has 0 saturated heterocycles. The van der Waals surface area contributed by atoms with E-state index in [9.17, 15) is 4.79 Å². The minimum Gasteiger partial charge on any atom is -0.465 e. The molecule has 1 aromatic rings. The fourth-order valence-corrected chi connectivity index (χ4v) is 2.04. The van der Waals surface area contributed by atoms with Crippen LogP contribution < -0.4 is 0 Å². The molecule has 0 unspecified atom stereocenters. The van der Waals surface area contributed by atoms with Crippen LogP contribution in [0.5, 0.6) is 0 Å². The van der Waals surface area contributed by atoms with Gasteiger partial charge in [0.2, 0.25) is 0 Å². The van der Waals surface area contributed by atoms with Crippen molar-refractivity contribution >= 4 is 17.3 Å². The lowest BCUT2D eigenvalue weighted by molar-refractivity contribution is -0.144. The third kappa shape index (κ3) is 4.44. The van der Waals surface area contributed by atoms with Gasteiger partial charge in [0.25, 0.3) is 0 Å². The summed E-state index contributed by atoms with van der Waals surface area (Å²) in [7, 11) is 0. The minimum atomic E-state index is -0.143. The molecule has 3 nitrogen and oxygen atoms in total. The van der Waals surface area contributed by atoms with E-state index in [0.29, 0.717) is 13.2 Å². The lowest BCUT2D eigenvalue weighted by atomic mass is 10.4. The molecule has 1 aromatic heterocycles. The van der Waals surface area contributed by atoms with Crippen LogP contribution in [0.3, 0.4) is 0 Å². The van der Waals surface area contributed by atoms with E-state index in [1.807, 2.05) is 25.3 Å². The fourth-order valence-electron chi connectivity index (χ4n) is 1.29. The number of ether oxygens (including phenoxy) is 1. The van der Waals surface area contributed by atoms with Crippen LogP contribution in [0.25, 0.3) is 0 Å². The van der Waals surface area contributed by atoms with Crippen molar-refractivity contribution in [3.63, 3.8) is 0 Å². The average Bonchev–Trinajstić information content (AvgIpc) is 2.70. The average molecular weight is 227 g/mol. The molecule has 0 N–H and O–H groups in total. The summed E-state index contributed by atoms with van der Waals surface area (Å²) in [6, 6.07) is 4.11. The molecule has 0 aliphatic heterocycles. The van der Waals surface area contributed by atoms with E-state index in [0.717, 1.165) is 13.1 Å². The minimum absolute atomic E-state index is 0.143. The van der Waals surface area contributed by atoms with Gasteiger partial charge < -0.3 is 4.74 Å². The number of rotatable bonds is 6. The number of carbonyl (C=O) groups excluding carboxylic acids is 1. The van der Waals surface area contributed by atoms with Gasteiger partial charge in [0.1, 0.15) is 0 Å². The van der Waals surface area contributed by atoms with E-state index >= 15 is 0 Å². The zero-order valence-corrected chi connectivity index (χ0v) is 10.0. The highest BCUT2D eigenvalue weighted by atomic mass is 32.1. The van der Waals surface area contributed by atoms with Gasteiger partial charge in [0.05, 0.1) is 13.2 Å². The molecule has 0 atom stereocenters. The molecular formula is C11H17NO2S. The Balaban J connectivity index is 2.39. The van der Waals surface area contributed by atoms with Crippen molar-refractivity contribution in [3.05, 3.63) is 22.4 Å². The van der Waals surface area contributed by atoms with Crippen LogP contribution in [-0.2, 0) is 16.1 Å². The van der Waals surface area contributed by atoms with Gasteiger partial charge in [-0.2, -0.15) is 0 Å². The van der Waals surface area contributed by atoms with Crippen molar-refractivity contribution in [3.8, 4) is 0 Å². The Kier molecular flexibility index (Phi) is 5.36. The maximum atomic E-state index is 11.3. The molecule has 0 aliphatic carbocycles. The Morgan fingerprint density at radius 1 is 1.53 bits per heavy atom. The molecule has 0 fully saturated rings. The Hall–Kier alpha value is -0.870. The van der Waals surface area contributed by atoms with Crippen LogP contribution in [0.15, 0.2) is 17.5 Å². The number of nitrogens with zero attached hydrogens (tertiary/aromatic N) is 1. The van der Waals surface area contributed by atoms with Crippen LogP contribution in [-0.4, -0.2) is 30.6 Å².